The van der Waals surface area contributed by atoms with Gasteiger partial charge in [-0.1, -0.05) is 6.92 Å². The summed E-state index contributed by atoms with van der Waals surface area (Å²) in [5.74, 6) is 2.51. The molecule has 3 rings (SSSR count). The molecule has 14 heavy (non-hydrogen) atoms. The van der Waals surface area contributed by atoms with Crippen LogP contribution >= 0.6 is 0 Å². The molecule has 6 atom stereocenters. The minimum atomic E-state index is -0.00662. The Kier molecular flexibility index (Phi) is 1.69. The molecule has 3 aliphatic rings. The Morgan fingerprint density at radius 3 is 2.93 bits per heavy atom. The van der Waals surface area contributed by atoms with Gasteiger partial charge in [-0.15, -0.1) is 0 Å². The molecule has 1 N–H and O–H groups in total. The van der Waals surface area contributed by atoms with E-state index in [1.165, 1.54) is 0 Å². The summed E-state index contributed by atoms with van der Waals surface area (Å²) in [6, 6.07) is 0. The van der Waals surface area contributed by atoms with Crippen LogP contribution in [0.2, 0.25) is 0 Å². The Hall–Kier alpha value is -0.570. The molecule has 0 aromatic heterocycles. The molecule has 3 fully saturated rings. The van der Waals surface area contributed by atoms with E-state index in [0.717, 1.165) is 6.42 Å². The van der Waals surface area contributed by atoms with Crippen molar-refractivity contribution < 1.29 is 14.6 Å². The third-order valence-electron chi connectivity index (χ3n) is 4.82. The van der Waals surface area contributed by atoms with Crippen LogP contribution in [0.15, 0.2) is 0 Å². The molecular weight excluding hydrogens is 180 g/mol. The zero-order chi connectivity index (χ0) is 9.87. The highest BCUT2D eigenvalue weighted by Gasteiger charge is 2.61. The van der Waals surface area contributed by atoms with Gasteiger partial charge in [0.1, 0.15) is 0 Å². The average molecular weight is 196 g/mol. The monoisotopic (exact) mass is 196 g/mol. The van der Waals surface area contributed by atoms with E-state index in [0.29, 0.717) is 36.2 Å². The predicted octanol–water partition coefficient (Wildman–Crippen LogP) is 0.670. The van der Waals surface area contributed by atoms with Crippen molar-refractivity contribution in [3.8, 4) is 0 Å². The third kappa shape index (κ3) is 0.842. The largest absolute Gasteiger partial charge is 0.465 e. The SMILES string of the molecule is CC1C2CC(C1CO)C1C(=O)OCC21. The van der Waals surface area contributed by atoms with E-state index in [1.807, 2.05) is 0 Å². The number of ether oxygens (including phenoxy) is 1. The van der Waals surface area contributed by atoms with Crippen molar-refractivity contribution in [3.63, 3.8) is 0 Å². The Morgan fingerprint density at radius 1 is 1.43 bits per heavy atom. The van der Waals surface area contributed by atoms with Gasteiger partial charge >= 0.3 is 5.97 Å². The van der Waals surface area contributed by atoms with Gasteiger partial charge < -0.3 is 9.84 Å². The van der Waals surface area contributed by atoms with Gasteiger partial charge in [0.15, 0.2) is 0 Å². The number of fused-ring (bicyclic) bond motifs is 5. The highest BCUT2D eigenvalue weighted by Crippen LogP contribution is 2.60. The van der Waals surface area contributed by atoms with Crippen LogP contribution < -0.4 is 0 Å². The van der Waals surface area contributed by atoms with Crippen molar-refractivity contribution in [2.45, 2.75) is 13.3 Å². The fourth-order valence-corrected chi connectivity index (χ4v) is 4.13. The Labute approximate surface area is 83.4 Å². The van der Waals surface area contributed by atoms with E-state index in [2.05, 4.69) is 6.92 Å². The van der Waals surface area contributed by atoms with Gasteiger partial charge in [-0.05, 0) is 30.1 Å². The number of aliphatic hydroxyl groups is 1. The fraction of sp³-hybridized carbons (Fsp3) is 0.909. The first-order chi connectivity index (χ1) is 6.74. The zero-order valence-electron chi connectivity index (χ0n) is 8.35. The number of carbonyl (C=O) groups excluding carboxylic acids is 1. The van der Waals surface area contributed by atoms with Crippen molar-refractivity contribution in [2.75, 3.05) is 13.2 Å². The van der Waals surface area contributed by atoms with Crippen LogP contribution in [0.25, 0.3) is 0 Å². The smallest absolute Gasteiger partial charge is 0.309 e. The minimum absolute atomic E-state index is 0.00662. The van der Waals surface area contributed by atoms with Crippen LogP contribution in [0.5, 0.6) is 0 Å². The molecule has 3 heteroatoms. The number of cyclic esters (lactones) is 1. The van der Waals surface area contributed by atoms with Crippen LogP contribution in [0.1, 0.15) is 13.3 Å². The van der Waals surface area contributed by atoms with E-state index < -0.39 is 0 Å². The summed E-state index contributed by atoms with van der Waals surface area (Å²) in [5.41, 5.74) is 0. The van der Waals surface area contributed by atoms with E-state index in [1.54, 1.807) is 0 Å². The van der Waals surface area contributed by atoms with Gasteiger partial charge in [0, 0.05) is 12.5 Å². The lowest BCUT2D eigenvalue weighted by atomic mass is 9.70. The molecule has 0 amide bonds. The maximum atomic E-state index is 11.5. The highest BCUT2D eigenvalue weighted by molar-refractivity contribution is 5.76. The first-order valence-electron chi connectivity index (χ1n) is 5.51. The molecule has 0 radical (unpaired) electrons. The number of esters is 1. The molecule has 2 aliphatic carbocycles. The first kappa shape index (κ1) is 8.72. The summed E-state index contributed by atoms with van der Waals surface area (Å²) in [4.78, 5) is 11.5. The fourth-order valence-electron chi connectivity index (χ4n) is 4.13. The summed E-state index contributed by atoms with van der Waals surface area (Å²) >= 11 is 0. The van der Waals surface area contributed by atoms with Crippen LogP contribution in [0, 0.1) is 35.5 Å². The van der Waals surface area contributed by atoms with Gasteiger partial charge in [-0.2, -0.15) is 0 Å². The molecule has 0 aromatic carbocycles. The number of hydrogen-bond acceptors (Lipinski definition) is 3. The number of rotatable bonds is 1. The molecule has 6 unspecified atom stereocenters. The molecule has 3 nitrogen and oxygen atoms in total. The molecule has 0 aromatic rings. The molecule has 0 spiro atoms. The number of hydrogen-bond donors (Lipinski definition) is 1. The lowest BCUT2D eigenvalue weighted by Crippen LogP contribution is -2.35. The van der Waals surface area contributed by atoms with Crippen molar-refractivity contribution in [1.82, 2.24) is 0 Å². The maximum Gasteiger partial charge on any atom is 0.309 e. The number of carbonyl (C=O) groups is 1. The van der Waals surface area contributed by atoms with Gasteiger partial charge in [0.2, 0.25) is 0 Å². The second-order valence-corrected chi connectivity index (χ2v) is 5.09. The van der Waals surface area contributed by atoms with Gasteiger partial charge in [-0.3, -0.25) is 4.79 Å². The molecule has 2 bridgehead atoms. The molecule has 1 saturated heterocycles. The van der Waals surface area contributed by atoms with Crippen molar-refractivity contribution in [3.05, 3.63) is 0 Å². The lowest BCUT2D eigenvalue weighted by molar-refractivity contribution is -0.143. The predicted molar refractivity (Wildman–Crippen MR) is 49.3 cm³/mol. The van der Waals surface area contributed by atoms with Crippen molar-refractivity contribution >= 4 is 5.97 Å². The Balaban J connectivity index is 1.92. The average Bonchev–Trinajstić information content (AvgIpc) is 2.77. The molecule has 78 valence electrons. The lowest BCUT2D eigenvalue weighted by Gasteiger charge is -2.32. The van der Waals surface area contributed by atoms with E-state index >= 15 is 0 Å². The molecule has 1 aliphatic heterocycles. The van der Waals surface area contributed by atoms with Crippen LogP contribution in [0.4, 0.5) is 0 Å². The Bertz CT molecular complexity index is 276. The maximum absolute atomic E-state index is 11.5. The van der Waals surface area contributed by atoms with E-state index in [4.69, 9.17) is 4.74 Å². The summed E-state index contributed by atoms with van der Waals surface area (Å²) in [5, 5.41) is 9.31. The van der Waals surface area contributed by atoms with Crippen molar-refractivity contribution in [1.29, 1.82) is 0 Å². The van der Waals surface area contributed by atoms with Crippen molar-refractivity contribution in [2.24, 2.45) is 35.5 Å². The standard InChI is InChI=1S/C11H16O3/c1-5-6-2-7(8(5)3-12)10-9(6)4-14-11(10)13/h5-10,12H,2-4H2,1H3. The zero-order valence-corrected chi connectivity index (χ0v) is 8.35. The van der Waals surface area contributed by atoms with Gasteiger partial charge in [-0.25, -0.2) is 0 Å². The second-order valence-electron chi connectivity index (χ2n) is 5.09. The molecule has 1 heterocycles. The highest BCUT2D eigenvalue weighted by atomic mass is 16.5. The topological polar surface area (TPSA) is 46.5 Å². The van der Waals surface area contributed by atoms with Gasteiger partial charge in [0.05, 0.1) is 12.5 Å². The van der Waals surface area contributed by atoms with Gasteiger partial charge in [0.25, 0.3) is 0 Å². The summed E-state index contributed by atoms with van der Waals surface area (Å²) in [6.45, 7) is 3.08. The molecule has 2 saturated carbocycles. The van der Waals surface area contributed by atoms with Crippen LogP contribution in [-0.4, -0.2) is 24.3 Å². The van der Waals surface area contributed by atoms with E-state index in [9.17, 15) is 9.90 Å². The summed E-state index contributed by atoms with van der Waals surface area (Å²) < 4.78 is 5.12. The minimum Gasteiger partial charge on any atom is -0.465 e. The summed E-state index contributed by atoms with van der Waals surface area (Å²) in [7, 11) is 0. The number of aliphatic hydroxyl groups excluding tert-OH is 1. The van der Waals surface area contributed by atoms with Crippen LogP contribution in [0.3, 0.4) is 0 Å². The molecular formula is C11H16O3. The third-order valence-corrected chi connectivity index (χ3v) is 4.82. The Morgan fingerprint density at radius 2 is 2.21 bits per heavy atom. The second kappa shape index (κ2) is 2.72. The quantitative estimate of drug-likeness (QED) is 0.627. The van der Waals surface area contributed by atoms with Crippen LogP contribution in [-0.2, 0) is 9.53 Å². The summed E-state index contributed by atoms with van der Waals surface area (Å²) in [6.07, 6.45) is 1.14. The normalized spacial score (nSPS) is 54.9. The first-order valence-corrected chi connectivity index (χ1v) is 5.51. The van der Waals surface area contributed by atoms with E-state index in [-0.39, 0.29) is 18.5 Å².